The zero-order chi connectivity index (χ0) is 22.8. The van der Waals surface area contributed by atoms with Crippen molar-refractivity contribution in [2.75, 3.05) is 50.1 Å². The summed E-state index contributed by atoms with van der Waals surface area (Å²) >= 11 is 0. The monoisotopic (exact) mass is 445 g/mol. The van der Waals surface area contributed by atoms with E-state index in [1.807, 2.05) is 36.9 Å². The second kappa shape index (κ2) is 9.21. The van der Waals surface area contributed by atoms with Gasteiger partial charge in [-0.3, -0.25) is 4.79 Å². The first-order chi connectivity index (χ1) is 14.6. The Balaban J connectivity index is 1.60. The van der Waals surface area contributed by atoms with Gasteiger partial charge < -0.3 is 14.7 Å². The van der Waals surface area contributed by atoms with Gasteiger partial charge in [0.25, 0.3) is 0 Å². The highest BCUT2D eigenvalue weighted by Gasteiger charge is 2.23. The first-order valence-corrected chi connectivity index (χ1v) is 12.0. The van der Waals surface area contributed by atoms with Gasteiger partial charge >= 0.3 is 0 Å². The van der Waals surface area contributed by atoms with Crippen molar-refractivity contribution >= 4 is 27.4 Å². The molecule has 0 unspecified atom stereocenters. The minimum atomic E-state index is -3.30. The van der Waals surface area contributed by atoms with E-state index in [0.29, 0.717) is 31.1 Å². The lowest BCUT2D eigenvalue weighted by atomic mass is 10.1. The van der Waals surface area contributed by atoms with Gasteiger partial charge in [-0.2, -0.15) is 0 Å². The standard InChI is InChI=1S/C22H31N5O3S/c1-16(2)31(29,30)19-8-6-18(7-9-19)14-22(28)27-12-10-26(11-13-27)21-15-20(25(4)5)23-17(3)24-21/h6-9,15-16H,10-14H2,1-5H3. The van der Waals surface area contributed by atoms with Crippen LogP contribution in [0.5, 0.6) is 0 Å². The number of aryl methyl sites for hydroxylation is 1. The van der Waals surface area contributed by atoms with Gasteiger partial charge in [-0.1, -0.05) is 12.1 Å². The molecule has 0 spiro atoms. The van der Waals surface area contributed by atoms with E-state index in [9.17, 15) is 13.2 Å². The minimum Gasteiger partial charge on any atom is -0.363 e. The maximum atomic E-state index is 12.8. The fourth-order valence-electron chi connectivity index (χ4n) is 3.47. The molecular weight excluding hydrogens is 414 g/mol. The third kappa shape index (κ3) is 5.33. The molecule has 0 bridgehead atoms. The van der Waals surface area contributed by atoms with Crippen molar-refractivity contribution in [3.63, 3.8) is 0 Å². The fraction of sp³-hybridized carbons (Fsp3) is 0.500. The van der Waals surface area contributed by atoms with Gasteiger partial charge in [0.2, 0.25) is 5.91 Å². The number of nitrogens with zero attached hydrogens (tertiary/aromatic N) is 5. The molecule has 0 atom stereocenters. The smallest absolute Gasteiger partial charge is 0.227 e. The molecule has 1 saturated heterocycles. The van der Waals surface area contributed by atoms with Gasteiger partial charge in [-0.05, 0) is 38.5 Å². The van der Waals surface area contributed by atoms with Crippen LogP contribution in [0.2, 0.25) is 0 Å². The van der Waals surface area contributed by atoms with E-state index in [0.717, 1.165) is 23.0 Å². The van der Waals surface area contributed by atoms with Crippen molar-refractivity contribution in [1.82, 2.24) is 14.9 Å². The Hall–Kier alpha value is -2.68. The van der Waals surface area contributed by atoms with E-state index in [2.05, 4.69) is 14.9 Å². The predicted octanol–water partition coefficient (Wildman–Crippen LogP) is 1.92. The van der Waals surface area contributed by atoms with E-state index in [1.54, 1.807) is 38.1 Å². The number of rotatable bonds is 6. The van der Waals surface area contributed by atoms with Crippen LogP contribution < -0.4 is 9.80 Å². The van der Waals surface area contributed by atoms with E-state index >= 15 is 0 Å². The Morgan fingerprint density at radius 2 is 1.68 bits per heavy atom. The van der Waals surface area contributed by atoms with Gasteiger partial charge in [-0.15, -0.1) is 0 Å². The Kier molecular flexibility index (Phi) is 6.83. The zero-order valence-electron chi connectivity index (χ0n) is 18.9. The van der Waals surface area contributed by atoms with Crippen LogP contribution in [0.4, 0.5) is 11.6 Å². The molecule has 0 aliphatic carbocycles. The first-order valence-electron chi connectivity index (χ1n) is 10.5. The van der Waals surface area contributed by atoms with Crippen molar-refractivity contribution < 1.29 is 13.2 Å². The number of piperazine rings is 1. The molecule has 1 aliphatic heterocycles. The van der Waals surface area contributed by atoms with E-state index < -0.39 is 15.1 Å². The number of hydrogen-bond donors (Lipinski definition) is 0. The van der Waals surface area contributed by atoms with Crippen LogP contribution >= 0.6 is 0 Å². The molecule has 31 heavy (non-hydrogen) atoms. The van der Waals surface area contributed by atoms with Gasteiger partial charge in [0.05, 0.1) is 16.6 Å². The van der Waals surface area contributed by atoms with Crippen molar-refractivity contribution in [2.45, 2.75) is 37.3 Å². The third-order valence-corrected chi connectivity index (χ3v) is 7.62. The predicted molar refractivity (Wildman–Crippen MR) is 122 cm³/mol. The molecule has 1 aromatic heterocycles. The van der Waals surface area contributed by atoms with E-state index in [1.165, 1.54) is 0 Å². The van der Waals surface area contributed by atoms with Crippen LogP contribution in [0, 0.1) is 6.92 Å². The molecular formula is C22H31N5O3S. The Bertz CT molecular complexity index is 1030. The molecule has 1 amide bonds. The number of benzene rings is 1. The van der Waals surface area contributed by atoms with Gasteiger partial charge in [0.15, 0.2) is 9.84 Å². The molecule has 0 saturated carbocycles. The highest BCUT2D eigenvalue weighted by Crippen LogP contribution is 2.20. The number of hydrogen-bond acceptors (Lipinski definition) is 7. The van der Waals surface area contributed by atoms with E-state index in [-0.39, 0.29) is 12.3 Å². The largest absolute Gasteiger partial charge is 0.363 e. The SMILES string of the molecule is Cc1nc(N(C)C)cc(N2CCN(C(=O)Cc3ccc(S(=O)(=O)C(C)C)cc3)CC2)n1. The lowest BCUT2D eigenvalue weighted by molar-refractivity contribution is -0.130. The number of anilines is 2. The Morgan fingerprint density at radius 1 is 1.06 bits per heavy atom. The highest BCUT2D eigenvalue weighted by atomic mass is 32.2. The summed E-state index contributed by atoms with van der Waals surface area (Å²) in [6.45, 7) is 7.88. The number of aromatic nitrogens is 2. The summed E-state index contributed by atoms with van der Waals surface area (Å²) in [6, 6.07) is 8.62. The summed E-state index contributed by atoms with van der Waals surface area (Å²) in [5, 5.41) is -0.469. The Labute approximate surface area is 184 Å². The summed E-state index contributed by atoms with van der Waals surface area (Å²) in [5.41, 5.74) is 0.817. The summed E-state index contributed by atoms with van der Waals surface area (Å²) in [6.07, 6.45) is 0.263. The van der Waals surface area contributed by atoms with Crippen LogP contribution in [0.25, 0.3) is 0 Å². The van der Waals surface area contributed by atoms with Crippen LogP contribution in [-0.2, 0) is 21.1 Å². The lowest BCUT2D eigenvalue weighted by Gasteiger charge is -2.35. The average molecular weight is 446 g/mol. The third-order valence-electron chi connectivity index (χ3n) is 5.45. The van der Waals surface area contributed by atoms with Crippen molar-refractivity contribution in [3.8, 4) is 0 Å². The molecule has 9 heteroatoms. The highest BCUT2D eigenvalue weighted by molar-refractivity contribution is 7.92. The topological polar surface area (TPSA) is 86.7 Å². The van der Waals surface area contributed by atoms with Crippen LogP contribution in [-0.4, -0.2) is 74.7 Å². The second-order valence-electron chi connectivity index (χ2n) is 8.31. The number of amides is 1. The second-order valence-corrected chi connectivity index (χ2v) is 10.8. The van der Waals surface area contributed by atoms with Crippen molar-refractivity contribution in [1.29, 1.82) is 0 Å². The quantitative estimate of drug-likeness (QED) is 0.671. The minimum absolute atomic E-state index is 0.0481. The molecule has 0 radical (unpaired) electrons. The Morgan fingerprint density at radius 3 is 2.23 bits per heavy atom. The number of sulfone groups is 1. The van der Waals surface area contributed by atoms with E-state index in [4.69, 9.17) is 0 Å². The van der Waals surface area contributed by atoms with Crippen LogP contribution in [0.15, 0.2) is 35.2 Å². The molecule has 1 fully saturated rings. The van der Waals surface area contributed by atoms with Crippen LogP contribution in [0.3, 0.4) is 0 Å². The molecule has 1 aromatic carbocycles. The van der Waals surface area contributed by atoms with Crippen molar-refractivity contribution in [3.05, 3.63) is 41.7 Å². The molecule has 3 rings (SSSR count). The summed E-state index contributed by atoms with van der Waals surface area (Å²) in [7, 11) is 0.602. The van der Waals surface area contributed by atoms with Gasteiger partial charge in [-0.25, -0.2) is 18.4 Å². The molecule has 2 aromatic rings. The van der Waals surface area contributed by atoms with Gasteiger partial charge in [0.1, 0.15) is 17.5 Å². The van der Waals surface area contributed by atoms with Crippen molar-refractivity contribution in [2.24, 2.45) is 0 Å². The molecule has 2 heterocycles. The number of carbonyl (C=O) groups is 1. The fourth-order valence-corrected chi connectivity index (χ4v) is 4.53. The summed E-state index contributed by atoms with van der Waals surface area (Å²) in [4.78, 5) is 28.0. The molecule has 1 aliphatic rings. The molecule has 0 N–H and O–H groups in total. The van der Waals surface area contributed by atoms with Gasteiger partial charge in [0, 0.05) is 46.3 Å². The average Bonchev–Trinajstić information content (AvgIpc) is 2.73. The molecule has 8 nitrogen and oxygen atoms in total. The maximum Gasteiger partial charge on any atom is 0.227 e. The summed E-state index contributed by atoms with van der Waals surface area (Å²) in [5.74, 6) is 2.52. The normalized spacial score (nSPS) is 14.8. The maximum absolute atomic E-state index is 12.8. The lowest BCUT2D eigenvalue weighted by Crippen LogP contribution is -2.49. The number of carbonyl (C=O) groups excluding carboxylic acids is 1. The molecule has 168 valence electrons. The zero-order valence-corrected chi connectivity index (χ0v) is 19.7. The first kappa shape index (κ1) is 23.0. The van der Waals surface area contributed by atoms with Crippen LogP contribution in [0.1, 0.15) is 25.2 Å². The summed E-state index contributed by atoms with van der Waals surface area (Å²) < 4.78 is 24.5.